The van der Waals surface area contributed by atoms with E-state index in [1.165, 1.54) is 16.7 Å². The number of para-hydroxylation sites is 2. The highest BCUT2D eigenvalue weighted by Crippen LogP contribution is 2.47. The minimum Gasteiger partial charge on any atom is -0.309 e. The molecule has 0 saturated carbocycles. The summed E-state index contributed by atoms with van der Waals surface area (Å²) in [5, 5.41) is 2.54. The number of hydrogen-bond donors (Lipinski definition) is 0. The molecular weight excluding hydrogens is 1010 g/mol. The zero-order valence-electron chi connectivity index (χ0n) is 42.0. The normalized spacial score (nSPS) is 11.8. The molecular formula is C67H39F5N8. The van der Waals surface area contributed by atoms with Crippen molar-refractivity contribution in [2.24, 2.45) is 0 Å². The van der Waals surface area contributed by atoms with Crippen LogP contribution >= 0.6 is 0 Å². The molecule has 0 unspecified atom stereocenters. The predicted octanol–water partition coefficient (Wildman–Crippen LogP) is 17.2. The molecule has 14 rings (SSSR count). The van der Waals surface area contributed by atoms with Crippen molar-refractivity contribution in [2.45, 2.75) is 6.18 Å². The number of nitrogens with zero attached hydrogens (tertiary/aromatic N) is 8. The van der Waals surface area contributed by atoms with Crippen LogP contribution in [0.4, 0.5) is 22.0 Å². The van der Waals surface area contributed by atoms with E-state index >= 15 is 22.0 Å². The Bertz CT molecular complexity index is 4580. The van der Waals surface area contributed by atoms with Crippen molar-refractivity contribution >= 4 is 43.6 Å². The quantitative estimate of drug-likeness (QED) is 0.134. The Kier molecular flexibility index (Phi) is 11.5. The maximum Gasteiger partial charge on any atom is 0.418 e. The molecule has 0 fully saturated rings. The van der Waals surface area contributed by atoms with Gasteiger partial charge in [0, 0.05) is 60.5 Å². The zero-order chi connectivity index (χ0) is 54.1. The molecule has 0 bridgehead atoms. The van der Waals surface area contributed by atoms with Crippen LogP contribution in [-0.2, 0) is 6.18 Å². The van der Waals surface area contributed by atoms with E-state index in [0.29, 0.717) is 89.7 Å². The maximum absolute atomic E-state index is 16.6. The standard InChI is InChI=1S/C67H39F5N8/c68-52-28-17-29-53(69)60(52)50-38-59(80-55-31-16-14-27-47(55)49-37-45(33-35-57(49)80)66-77-63(42-22-9-3-10-23-42)74-64(78-66)43-24-11-4-12-25-43)51(67(70,71)72)39-58(50)79-54-30-15-13-26-46(54)48-36-44(32-34-56(48)79)65-75-61(40-18-5-1-6-19-40)73-62(76-65)41-20-7-2-8-21-41/h1-39H. The van der Waals surface area contributed by atoms with Gasteiger partial charge in [0.25, 0.3) is 0 Å². The van der Waals surface area contributed by atoms with Gasteiger partial charge in [-0.1, -0.05) is 164 Å². The highest BCUT2D eigenvalue weighted by molar-refractivity contribution is 6.12. The third-order valence-corrected chi connectivity index (χ3v) is 14.4. The Labute approximate surface area is 453 Å². The summed E-state index contributed by atoms with van der Waals surface area (Å²) < 4.78 is 85.5. The number of hydrogen-bond acceptors (Lipinski definition) is 6. The lowest BCUT2D eigenvalue weighted by atomic mass is 9.97. The van der Waals surface area contributed by atoms with Crippen LogP contribution in [0.5, 0.6) is 0 Å². The molecule has 4 heterocycles. The van der Waals surface area contributed by atoms with Gasteiger partial charge in [-0.3, -0.25) is 0 Å². The molecule has 0 aliphatic heterocycles. The molecule has 0 atom stereocenters. The highest BCUT2D eigenvalue weighted by Gasteiger charge is 2.37. The highest BCUT2D eigenvalue weighted by atomic mass is 19.4. The van der Waals surface area contributed by atoms with Gasteiger partial charge < -0.3 is 9.13 Å². The van der Waals surface area contributed by atoms with Crippen LogP contribution in [0.15, 0.2) is 237 Å². The minimum absolute atomic E-state index is 0.0942. The second kappa shape index (κ2) is 19.2. The van der Waals surface area contributed by atoms with Gasteiger partial charge in [-0.05, 0) is 72.8 Å². The van der Waals surface area contributed by atoms with E-state index in [2.05, 4.69) is 0 Å². The van der Waals surface area contributed by atoms with Crippen molar-refractivity contribution in [3.63, 3.8) is 0 Å². The van der Waals surface area contributed by atoms with Gasteiger partial charge in [-0.25, -0.2) is 38.7 Å². The van der Waals surface area contributed by atoms with Crippen LogP contribution in [-0.4, -0.2) is 39.0 Å². The summed E-state index contributed by atoms with van der Waals surface area (Å²) in [5.41, 5.74) is 4.06. The van der Waals surface area contributed by atoms with Crippen LogP contribution in [0.25, 0.3) is 134 Å². The number of rotatable bonds is 9. The van der Waals surface area contributed by atoms with Gasteiger partial charge in [0.1, 0.15) is 11.6 Å². The van der Waals surface area contributed by atoms with Crippen LogP contribution in [0.2, 0.25) is 0 Å². The summed E-state index contributed by atoms with van der Waals surface area (Å²) in [6, 6.07) is 69.1. The topological polar surface area (TPSA) is 87.2 Å². The van der Waals surface area contributed by atoms with E-state index in [4.69, 9.17) is 29.9 Å². The summed E-state index contributed by atoms with van der Waals surface area (Å²) in [4.78, 5) is 29.4. The van der Waals surface area contributed by atoms with E-state index < -0.39 is 28.9 Å². The van der Waals surface area contributed by atoms with E-state index in [9.17, 15) is 0 Å². The number of alkyl halides is 3. The lowest BCUT2D eigenvalue weighted by Crippen LogP contribution is -2.13. The molecule has 14 aromatic rings. The molecule has 13 heteroatoms. The Morgan fingerprint density at radius 1 is 0.287 bits per heavy atom. The van der Waals surface area contributed by atoms with Gasteiger partial charge in [0.05, 0.1) is 44.6 Å². The van der Waals surface area contributed by atoms with Crippen LogP contribution in [0, 0.1) is 11.6 Å². The first-order valence-electron chi connectivity index (χ1n) is 25.6. The average Bonchev–Trinajstić information content (AvgIpc) is 4.21. The van der Waals surface area contributed by atoms with Crippen LogP contribution < -0.4 is 0 Å². The monoisotopic (exact) mass is 1050 g/mol. The Morgan fingerprint density at radius 2 is 0.625 bits per heavy atom. The van der Waals surface area contributed by atoms with E-state index in [0.717, 1.165) is 40.5 Å². The third kappa shape index (κ3) is 8.30. The summed E-state index contributed by atoms with van der Waals surface area (Å²) in [6.45, 7) is 0. The molecule has 10 aromatic carbocycles. The van der Waals surface area contributed by atoms with E-state index in [1.54, 1.807) is 53.1 Å². The fraction of sp³-hybridized carbons (Fsp3) is 0.0149. The van der Waals surface area contributed by atoms with Gasteiger partial charge in [0.15, 0.2) is 34.9 Å². The third-order valence-electron chi connectivity index (χ3n) is 14.4. The molecule has 0 N–H and O–H groups in total. The smallest absolute Gasteiger partial charge is 0.309 e. The average molecular weight is 1050 g/mol. The second-order valence-electron chi connectivity index (χ2n) is 19.2. The van der Waals surface area contributed by atoms with E-state index in [1.807, 2.05) is 158 Å². The van der Waals surface area contributed by atoms with Gasteiger partial charge >= 0.3 is 6.18 Å². The molecule has 0 saturated heterocycles. The maximum atomic E-state index is 16.6. The number of aromatic nitrogens is 8. The fourth-order valence-corrected chi connectivity index (χ4v) is 10.7. The van der Waals surface area contributed by atoms with Crippen molar-refractivity contribution in [1.29, 1.82) is 0 Å². The molecule has 0 amide bonds. The summed E-state index contributed by atoms with van der Waals surface area (Å²) in [5.74, 6) is 0.621. The molecule has 0 aliphatic carbocycles. The minimum atomic E-state index is -4.99. The van der Waals surface area contributed by atoms with Crippen molar-refractivity contribution in [3.8, 4) is 90.8 Å². The number of benzene rings is 10. The van der Waals surface area contributed by atoms with Gasteiger partial charge in [-0.2, -0.15) is 13.2 Å². The molecule has 4 aromatic heterocycles. The Hall–Kier alpha value is -10.5. The summed E-state index contributed by atoms with van der Waals surface area (Å²) >= 11 is 0. The zero-order valence-corrected chi connectivity index (χ0v) is 42.0. The number of halogens is 5. The largest absolute Gasteiger partial charge is 0.418 e. The predicted molar refractivity (Wildman–Crippen MR) is 305 cm³/mol. The first-order chi connectivity index (χ1) is 39.1. The first-order valence-corrected chi connectivity index (χ1v) is 25.6. The van der Waals surface area contributed by atoms with Gasteiger partial charge in [-0.15, -0.1) is 0 Å². The number of fused-ring (bicyclic) bond motifs is 6. The molecule has 382 valence electrons. The Balaban J connectivity index is 0.991. The summed E-state index contributed by atoms with van der Waals surface area (Å²) in [6.07, 6.45) is -4.99. The molecule has 80 heavy (non-hydrogen) atoms. The SMILES string of the molecule is Fc1cccc(F)c1-c1cc(-n2c3ccccc3c3cc(-c4nc(-c5ccccc5)nc(-c5ccccc5)n4)ccc32)c(C(F)(F)F)cc1-n1c2ccccc2c2cc(-c3nc(-c4ccccc4)nc(-c4ccccc4)n3)ccc21. The summed E-state index contributed by atoms with van der Waals surface area (Å²) in [7, 11) is 0. The molecule has 0 aliphatic rings. The van der Waals surface area contributed by atoms with Gasteiger partial charge in [0.2, 0.25) is 0 Å². The fourth-order valence-electron chi connectivity index (χ4n) is 10.7. The van der Waals surface area contributed by atoms with E-state index in [-0.39, 0.29) is 16.9 Å². The molecule has 8 nitrogen and oxygen atoms in total. The van der Waals surface area contributed by atoms with Crippen molar-refractivity contribution in [1.82, 2.24) is 39.0 Å². The Morgan fingerprint density at radius 3 is 1.01 bits per heavy atom. The molecule has 0 spiro atoms. The van der Waals surface area contributed by atoms with Crippen molar-refractivity contribution in [3.05, 3.63) is 254 Å². The lowest BCUT2D eigenvalue weighted by molar-refractivity contribution is -0.137. The first kappa shape index (κ1) is 47.9. The molecule has 0 radical (unpaired) electrons. The second-order valence-corrected chi connectivity index (χ2v) is 19.2. The van der Waals surface area contributed by atoms with Crippen LogP contribution in [0.3, 0.4) is 0 Å². The van der Waals surface area contributed by atoms with Crippen LogP contribution in [0.1, 0.15) is 5.56 Å². The lowest BCUT2D eigenvalue weighted by Gasteiger charge is -2.22. The van der Waals surface area contributed by atoms with Crippen molar-refractivity contribution in [2.75, 3.05) is 0 Å². The van der Waals surface area contributed by atoms with Crippen molar-refractivity contribution < 1.29 is 22.0 Å².